The van der Waals surface area contributed by atoms with Gasteiger partial charge in [0.2, 0.25) is 5.91 Å². The van der Waals surface area contributed by atoms with Gasteiger partial charge in [0.1, 0.15) is 0 Å². The van der Waals surface area contributed by atoms with E-state index in [1.54, 1.807) is 0 Å². The number of aromatic nitrogens is 2. The molecule has 1 aromatic carbocycles. The van der Waals surface area contributed by atoms with Crippen LogP contribution in [0.1, 0.15) is 17.0 Å². The standard InChI is InChI=1S/C19H25N5O.2ClH/c1-22-7-8-24(18-6-4-3-5-14(18)12-22)19(25)17-11-20-10-16(17)15-9-21-23(2)13-15;;/h3-6,9,13,16-17,20H,7-8,10-12H2,1-2H3;2*1H/t16-,17+;;/m1../s1. The van der Waals surface area contributed by atoms with E-state index in [9.17, 15) is 4.79 Å². The third-order valence-corrected chi connectivity index (χ3v) is 5.38. The summed E-state index contributed by atoms with van der Waals surface area (Å²) in [5.74, 6) is 0.372. The topological polar surface area (TPSA) is 53.4 Å². The second-order valence-corrected chi connectivity index (χ2v) is 7.17. The Labute approximate surface area is 172 Å². The molecule has 27 heavy (non-hydrogen) atoms. The Morgan fingerprint density at radius 1 is 1.15 bits per heavy atom. The van der Waals surface area contributed by atoms with Gasteiger partial charge < -0.3 is 15.1 Å². The third-order valence-electron chi connectivity index (χ3n) is 5.38. The quantitative estimate of drug-likeness (QED) is 0.821. The molecule has 4 rings (SSSR count). The second-order valence-electron chi connectivity index (χ2n) is 7.17. The third kappa shape index (κ3) is 4.29. The van der Waals surface area contributed by atoms with Crippen molar-refractivity contribution in [3.05, 3.63) is 47.8 Å². The van der Waals surface area contributed by atoms with Crippen LogP contribution in [0.15, 0.2) is 36.7 Å². The van der Waals surface area contributed by atoms with Crippen LogP contribution in [0.3, 0.4) is 0 Å². The number of nitrogens with one attached hydrogen (secondary N) is 1. The van der Waals surface area contributed by atoms with E-state index in [-0.39, 0.29) is 42.6 Å². The van der Waals surface area contributed by atoms with Gasteiger partial charge in [-0.2, -0.15) is 5.10 Å². The van der Waals surface area contributed by atoms with E-state index in [0.29, 0.717) is 0 Å². The van der Waals surface area contributed by atoms with Crippen molar-refractivity contribution in [3.8, 4) is 0 Å². The molecule has 1 fully saturated rings. The lowest BCUT2D eigenvalue weighted by molar-refractivity contribution is -0.122. The van der Waals surface area contributed by atoms with E-state index in [1.165, 1.54) is 5.56 Å². The van der Waals surface area contributed by atoms with Crippen LogP contribution in [0.4, 0.5) is 5.69 Å². The number of nitrogens with zero attached hydrogens (tertiary/aromatic N) is 4. The molecule has 6 nitrogen and oxygen atoms in total. The largest absolute Gasteiger partial charge is 0.315 e. The monoisotopic (exact) mass is 411 g/mol. The highest BCUT2D eigenvalue weighted by atomic mass is 35.5. The lowest BCUT2D eigenvalue weighted by Gasteiger charge is -2.27. The van der Waals surface area contributed by atoms with Crippen molar-refractivity contribution in [2.45, 2.75) is 12.5 Å². The van der Waals surface area contributed by atoms with Crippen molar-refractivity contribution >= 4 is 36.4 Å². The van der Waals surface area contributed by atoms with Crippen LogP contribution in [-0.4, -0.2) is 53.8 Å². The first kappa shape index (κ1) is 21.7. The Morgan fingerprint density at radius 2 is 1.93 bits per heavy atom. The normalized spacial score (nSPS) is 22.4. The predicted octanol–water partition coefficient (Wildman–Crippen LogP) is 2.05. The lowest BCUT2D eigenvalue weighted by Crippen LogP contribution is -2.41. The number of halogens is 2. The summed E-state index contributed by atoms with van der Waals surface area (Å²) in [7, 11) is 4.03. The molecule has 8 heteroatoms. The molecule has 0 unspecified atom stereocenters. The van der Waals surface area contributed by atoms with Gasteiger partial charge in [0.05, 0.1) is 12.1 Å². The molecule has 0 aliphatic carbocycles. The van der Waals surface area contributed by atoms with Gasteiger partial charge in [0, 0.05) is 57.6 Å². The average Bonchev–Trinajstić information content (AvgIpc) is 3.21. The summed E-state index contributed by atoms with van der Waals surface area (Å²) in [5.41, 5.74) is 3.43. The summed E-state index contributed by atoms with van der Waals surface area (Å²) in [6.45, 7) is 4.07. The van der Waals surface area contributed by atoms with Crippen molar-refractivity contribution in [3.63, 3.8) is 0 Å². The molecule has 2 aromatic rings. The number of fused-ring (bicyclic) bond motifs is 1. The molecule has 0 saturated carbocycles. The zero-order valence-electron chi connectivity index (χ0n) is 15.7. The van der Waals surface area contributed by atoms with Crippen molar-refractivity contribution in [2.24, 2.45) is 13.0 Å². The van der Waals surface area contributed by atoms with Crippen LogP contribution in [0.5, 0.6) is 0 Å². The maximum Gasteiger partial charge on any atom is 0.232 e. The lowest BCUT2D eigenvalue weighted by atomic mass is 9.89. The molecule has 3 heterocycles. The van der Waals surface area contributed by atoms with Crippen molar-refractivity contribution in [1.29, 1.82) is 0 Å². The number of carbonyl (C=O) groups excluding carboxylic acids is 1. The highest BCUT2D eigenvalue weighted by molar-refractivity contribution is 5.97. The number of aryl methyl sites for hydroxylation is 1. The molecule has 0 radical (unpaired) electrons. The molecule has 2 aliphatic rings. The van der Waals surface area contributed by atoms with Crippen LogP contribution in [0.2, 0.25) is 0 Å². The maximum absolute atomic E-state index is 13.5. The van der Waals surface area contributed by atoms with E-state index >= 15 is 0 Å². The smallest absolute Gasteiger partial charge is 0.232 e. The second kappa shape index (κ2) is 9.06. The molecule has 0 spiro atoms. The minimum absolute atomic E-state index is 0. The predicted molar refractivity (Wildman–Crippen MR) is 112 cm³/mol. The number of rotatable bonds is 2. The number of benzene rings is 1. The summed E-state index contributed by atoms with van der Waals surface area (Å²) in [6, 6.07) is 8.28. The summed E-state index contributed by atoms with van der Waals surface area (Å²) in [4.78, 5) is 17.7. The first-order valence-electron chi connectivity index (χ1n) is 8.90. The zero-order valence-corrected chi connectivity index (χ0v) is 17.3. The van der Waals surface area contributed by atoms with E-state index in [4.69, 9.17) is 0 Å². The van der Waals surface area contributed by atoms with Gasteiger partial charge in [-0.1, -0.05) is 18.2 Å². The van der Waals surface area contributed by atoms with E-state index < -0.39 is 0 Å². The fraction of sp³-hybridized carbons (Fsp3) is 0.474. The number of carbonyl (C=O) groups is 1. The van der Waals surface area contributed by atoms with Gasteiger partial charge >= 0.3 is 0 Å². The van der Waals surface area contributed by atoms with Crippen molar-refractivity contribution in [2.75, 3.05) is 38.1 Å². The Hall–Kier alpha value is -1.60. The Kier molecular flexibility index (Phi) is 7.28. The first-order chi connectivity index (χ1) is 12.1. The van der Waals surface area contributed by atoms with Crippen LogP contribution in [0, 0.1) is 5.92 Å². The van der Waals surface area contributed by atoms with Crippen LogP contribution >= 0.6 is 24.8 Å². The highest BCUT2D eigenvalue weighted by Crippen LogP contribution is 2.32. The highest BCUT2D eigenvalue weighted by Gasteiger charge is 2.38. The molecule has 2 atom stereocenters. The molecular formula is C19H27Cl2N5O. The number of likely N-dealkylation sites (N-methyl/N-ethyl adjacent to an activating group) is 1. The minimum Gasteiger partial charge on any atom is -0.315 e. The van der Waals surface area contributed by atoms with Gasteiger partial charge in [-0.05, 0) is 24.2 Å². The van der Waals surface area contributed by atoms with Gasteiger partial charge in [0.15, 0.2) is 0 Å². The number of para-hydroxylation sites is 1. The molecule has 148 valence electrons. The molecule has 0 bridgehead atoms. The molecule has 1 aromatic heterocycles. The maximum atomic E-state index is 13.5. The number of amides is 1. The van der Waals surface area contributed by atoms with Crippen LogP contribution < -0.4 is 10.2 Å². The fourth-order valence-electron chi connectivity index (χ4n) is 4.02. The molecule has 1 amide bonds. The number of anilines is 1. The van der Waals surface area contributed by atoms with Gasteiger partial charge in [-0.3, -0.25) is 9.48 Å². The Balaban J connectivity index is 0.00000131. The van der Waals surface area contributed by atoms with E-state index in [2.05, 4.69) is 40.6 Å². The van der Waals surface area contributed by atoms with Crippen LogP contribution in [0.25, 0.3) is 0 Å². The SMILES string of the molecule is CN1CCN(C(=O)[C@H]2CNC[C@@H]2c2cnn(C)c2)c2ccccc2C1.Cl.Cl. The molecule has 1 N–H and O–H groups in total. The van der Waals surface area contributed by atoms with Crippen molar-refractivity contribution < 1.29 is 4.79 Å². The first-order valence-corrected chi connectivity index (χ1v) is 8.90. The van der Waals surface area contributed by atoms with Gasteiger partial charge in [-0.15, -0.1) is 24.8 Å². The van der Waals surface area contributed by atoms with E-state index in [0.717, 1.165) is 44.0 Å². The molecule has 2 aliphatic heterocycles. The minimum atomic E-state index is -0.0411. The number of hydrogen-bond acceptors (Lipinski definition) is 4. The number of hydrogen-bond donors (Lipinski definition) is 1. The fourth-order valence-corrected chi connectivity index (χ4v) is 4.02. The van der Waals surface area contributed by atoms with E-state index in [1.807, 2.05) is 35.1 Å². The zero-order chi connectivity index (χ0) is 17.4. The summed E-state index contributed by atoms with van der Waals surface area (Å²) < 4.78 is 1.81. The Morgan fingerprint density at radius 3 is 2.67 bits per heavy atom. The van der Waals surface area contributed by atoms with Gasteiger partial charge in [0.25, 0.3) is 0 Å². The van der Waals surface area contributed by atoms with Gasteiger partial charge in [-0.25, -0.2) is 0 Å². The summed E-state index contributed by atoms with van der Waals surface area (Å²) in [6.07, 6.45) is 3.92. The molecular weight excluding hydrogens is 385 g/mol. The Bertz CT molecular complexity index is 781. The summed E-state index contributed by atoms with van der Waals surface area (Å²) >= 11 is 0. The molecule has 1 saturated heterocycles. The van der Waals surface area contributed by atoms with Crippen LogP contribution in [-0.2, 0) is 18.4 Å². The average molecular weight is 412 g/mol. The summed E-state index contributed by atoms with van der Waals surface area (Å²) in [5, 5.41) is 7.69. The van der Waals surface area contributed by atoms with Crippen molar-refractivity contribution in [1.82, 2.24) is 20.0 Å².